The number of carbonyl (C=O) groups excluding carboxylic acids is 1. The minimum absolute atomic E-state index is 0.184. The monoisotopic (exact) mass is 592 g/mol. The van der Waals surface area contributed by atoms with Crippen LogP contribution >= 0.6 is 0 Å². The van der Waals surface area contributed by atoms with E-state index in [1.807, 2.05) is 90.4 Å². The van der Waals surface area contributed by atoms with Crippen molar-refractivity contribution in [2.24, 2.45) is 0 Å². The van der Waals surface area contributed by atoms with Crippen molar-refractivity contribution in [3.05, 3.63) is 143 Å². The number of aromatic nitrogens is 6. The molecule has 10 nitrogen and oxygen atoms in total. The molecule has 3 aromatic carbocycles. The number of nitrogens with one attached hydrogen (secondary N) is 2. The molecule has 0 spiro atoms. The van der Waals surface area contributed by atoms with Gasteiger partial charge in [-0.3, -0.25) is 19.3 Å². The molecule has 0 aliphatic heterocycles. The van der Waals surface area contributed by atoms with Crippen molar-refractivity contribution in [3.8, 4) is 34.0 Å². The molecule has 4 aromatic heterocycles. The Kier molecular flexibility index (Phi) is 6.99. The minimum Gasteiger partial charge on any atom is -0.383 e. The number of fused-ring (bicyclic) bond motifs is 1. The number of carbonyl (C=O) groups is 1. The number of hydrogen-bond donors (Lipinski definition) is 3. The summed E-state index contributed by atoms with van der Waals surface area (Å²) in [6.07, 6.45) is 1.65. The lowest BCUT2D eigenvalue weighted by atomic mass is 10.1. The number of amides is 1. The molecule has 4 heterocycles. The van der Waals surface area contributed by atoms with Crippen molar-refractivity contribution in [2.45, 2.75) is 13.5 Å². The molecule has 1 amide bonds. The number of hydrogen-bond acceptors (Lipinski definition) is 6. The summed E-state index contributed by atoms with van der Waals surface area (Å²) < 4.78 is 3.39. The van der Waals surface area contributed by atoms with Gasteiger partial charge in [0, 0.05) is 41.3 Å². The highest BCUT2D eigenvalue weighted by atomic mass is 16.1. The van der Waals surface area contributed by atoms with Crippen LogP contribution in [0.3, 0.4) is 0 Å². The highest BCUT2D eigenvalue weighted by Gasteiger charge is 2.19. The van der Waals surface area contributed by atoms with Gasteiger partial charge in [0.05, 0.1) is 16.9 Å². The molecule has 7 rings (SSSR count). The number of nitrogens with zero attached hydrogens (tertiary/aromatic N) is 5. The average molecular weight is 593 g/mol. The van der Waals surface area contributed by atoms with Gasteiger partial charge in [-0.15, -0.1) is 0 Å². The number of nitrogen functional groups attached to an aromatic ring is 1. The lowest BCUT2D eigenvalue weighted by Crippen LogP contribution is -2.23. The molecule has 0 saturated carbocycles. The molecule has 10 heteroatoms. The van der Waals surface area contributed by atoms with Crippen molar-refractivity contribution < 1.29 is 4.79 Å². The fraction of sp³-hybridized carbons (Fsp3) is 0.0571. The predicted octanol–water partition coefficient (Wildman–Crippen LogP) is 5.45. The van der Waals surface area contributed by atoms with Crippen molar-refractivity contribution in [3.63, 3.8) is 0 Å². The Hall–Kier alpha value is -6.29. The second kappa shape index (κ2) is 11.4. The number of imidazole rings is 1. The maximum Gasteiger partial charge on any atom is 0.271 e. The summed E-state index contributed by atoms with van der Waals surface area (Å²) in [5, 5.41) is 5.97. The molecule has 0 radical (unpaired) electrons. The molecule has 45 heavy (non-hydrogen) atoms. The number of anilines is 1. The van der Waals surface area contributed by atoms with E-state index in [2.05, 4.69) is 15.4 Å². The zero-order valence-electron chi connectivity index (χ0n) is 24.3. The summed E-state index contributed by atoms with van der Waals surface area (Å²) in [5.41, 5.74) is 13.6. The molecule has 0 bridgehead atoms. The molecule has 0 atom stereocenters. The zero-order chi connectivity index (χ0) is 30.9. The van der Waals surface area contributed by atoms with E-state index in [9.17, 15) is 9.59 Å². The van der Waals surface area contributed by atoms with E-state index in [4.69, 9.17) is 15.7 Å². The number of aryl methyl sites for hydroxylation is 1. The first-order chi connectivity index (χ1) is 21.9. The Labute approximate surface area is 257 Å². The van der Waals surface area contributed by atoms with Crippen LogP contribution in [-0.2, 0) is 6.54 Å². The summed E-state index contributed by atoms with van der Waals surface area (Å²) in [5.74, 6) is 0.757. The quantitative estimate of drug-likeness (QED) is 0.225. The summed E-state index contributed by atoms with van der Waals surface area (Å²) in [6.45, 7) is 2.12. The number of benzene rings is 3. The smallest absolute Gasteiger partial charge is 0.271 e. The topological polar surface area (TPSA) is 137 Å². The van der Waals surface area contributed by atoms with Gasteiger partial charge in [-0.1, -0.05) is 48.5 Å². The Bertz CT molecular complexity index is 2230. The van der Waals surface area contributed by atoms with Crippen LogP contribution in [0.1, 0.15) is 21.6 Å². The van der Waals surface area contributed by atoms with E-state index >= 15 is 0 Å². The number of H-pyrrole nitrogens is 1. The van der Waals surface area contributed by atoms with E-state index in [0.29, 0.717) is 40.6 Å². The van der Waals surface area contributed by atoms with Gasteiger partial charge in [-0.2, -0.15) is 0 Å². The number of rotatable bonds is 7. The highest BCUT2D eigenvalue weighted by molar-refractivity contribution is 5.94. The second-order valence-electron chi connectivity index (χ2n) is 10.6. The molecular weight excluding hydrogens is 564 g/mol. The maximum absolute atomic E-state index is 13.0. The first kappa shape index (κ1) is 27.5. The van der Waals surface area contributed by atoms with Gasteiger partial charge < -0.3 is 11.1 Å². The van der Waals surface area contributed by atoms with Crippen LogP contribution in [-0.4, -0.2) is 35.2 Å². The third-order valence-corrected chi connectivity index (χ3v) is 7.52. The predicted molar refractivity (Wildman–Crippen MR) is 174 cm³/mol. The highest BCUT2D eigenvalue weighted by Crippen LogP contribution is 2.31. The van der Waals surface area contributed by atoms with Crippen LogP contribution in [0, 0.1) is 6.92 Å². The molecule has 220 valence electrons. The summed E-state index contributed by atoms with van der Waals surface area (Å²) >= 11 is 0. The summed E-state index contributed by atoms with van der Waals surface area (Å²) in [7, 11) is 0. The van der Waals surface area contributed by atoms with Gasteiger partial charge in [-0.05, 0) is 67.1 Å². The summed E-state index contributed by atoms with van der Waals surface area (Å²) in [4.78, 5) is 39.4. The Morgan fingerprint density at radius 3 is 2.44 bits per heavy atom. The van der Waals surface area contributed by atoms with Crippen LogP contribution in [0.5, 0.6) is 0 Å². The Balaban J connectivity index is 1.18. The van der Waals surface area contributed by atoms with Crippen molar-refractivity contribution in [2.75, 3.05) is 5.73 Å². The van der Waals surface area contributed by atoms with Crippen LogP contribution in [0.2, 0.25) is 0 Å². The number of nitrogens with two attached hydrogens (primary N) is 1. The molecule has 4 N–H and O–H groups in total. The van der Waals surface area contributed by atoms with Crippen LogP contribution in [0.4, 0.5) is 5.82 Å². The van der Waals surface area contributed by atoms with E-state index < -0.39 is 0 Å². The SMILES string of the molecule is Cc1cc(=O)n(-c2cccc(C(=O)NCc3ccc(-n4c(-c5cccnc5N)nc5ccc(-c6ccccc6)nc54)cc3)c2)[nH]1. The van der Waals surface area contributed by atoms with E-state index in [0.717, 1.165) is 33.7 Å². The fourth-order valence-corrected chi connectivity index (χ4v) is 5.30. The summed E-state index contributed by atoms with van der Waals surface area (Å²) in [6, 6.07) is 33.9. The fourth-order valence-electron chi connectivity index (χ4n) is 5.30. The van der Waals surface area contributed by atoms with Gasteiger partial charge >= 0.3 is 0 Å². The minimum atomic E-state index is -0.246. The normalized spacial score (nSPS) is 11.1. The lowest BCUT2D eigenvalue weighted by molar-refractivity contribution is 0.0951. The second-order valence-corrected chi connectivity index (χ2v) is 10.6. The third kappa shape index (κ3) is 5.36. The van der Waals surface area contributed by atoms with E-state index in [1.165, 1.54) is 10.7 Å². The average Bonchev–Trinajstić information content (AvgIpc) is 3.62. The third-order valence-electron chi connectivity index (χ3n) is 7.52. The van der Waals surface area contributed by atoms with Crippen molar-refractivity contribution in [1.82, 2.24) is 34.6 Å². The lowest BCUT2D eigenvalue weighted by Gasteiger charge is -2.12. The van der Waals surface area contributed by atoms with Crippen molar-refractivity contribution >= 4 is 22.9 Å². The molecule has 0 saturated heterocycles. The van der Waals surface area contributed by atoms with Gasteiger partial charge in [0.2, 0.25) is 0 Å². The van der Waals surface area contributed by atoms with E-state index in [1.54, 1.807) is 30.5 Å². The standard InChI is InChI=1S/C35H28N8O2/c1-22-19-31(44)43(41-22)27-10-5-9-25(20-27)35(45)38-21-23-12-14-26(15-13-23)42-33(28-11-6-18-37-32(28)36)40-30-17-16-29(39-34(30)42)24-7-3-2-4-8-24/h2-20,41H,21H2,1H3,(H2,36,37)(H,38,45). The molecule has 0 aliphatic rings. The molecule has 0 unspecified atom stereocenters. The van der Waals surface area contributed by atoms with Gasteiger partial charge in [0.1, 0.15) is 11.3 Å². The Morgan fingerprint density at radius 1 is 0.867 bits per heavy atom. The maximum atomic E-state index is 13.0. The van der Waals surface area contributed by atoms with Crippen LogP contribution < -0.4 is 16.6 Å². The van der Waals surface area contributed by atoms with Gasteiger partial charge in [-0.25, -0.2) is 19.6 Å². The molecule has 0 fully saturated rings. The zero-order valence-corrected chi connectivity index (χ0v) is 24.3. The van der Waals surface area contributed by atoms with Crippen molar-refractivity contribution in [1.29, 1.82) is 0 Å². The molecular formula is C35H28N8O2. The Morgan fingerprint density at radius 2 is 1.69 bits per heavy atom. The van der Waals surface area contributed by atoms with Crippen LogP contribution in [0.15, 0.2) is 120 Å². The first-order valence-corrected chi connectivity index (χ1v) is 14.4. The van der Waals surface area contributed by atoms with Crippen LogP contribution in [0.25, 0.3) is 45.2 Å². The largest absolute Gasteiger partial charge is 0.383 e. The van der Waals surface area contributed by atoms with Gasteiger partial charge in [0.25, 0.3) is 11.5 Å². The molecule has 7 aromatic rings. The molecule has 0 aliphatic carbocycles. The van der Waals surface area contributed by atoms with E-state index in [-0.39, 0.29) is 11.5 Å². The first-order valence-electron chi connectivity index (χ1n) is 14.4. The van der Waals surface area contributed by atoms with Gasteiger partial charge in [0.15, 0.2) is 11.5 Å². The number of pyridine rings is 2. The number of aromatic amines is 1.